The van der Waals surface area contributed by atoms with E-state index in [0.717, 1.165) is 14.9 Å². The summed E-state index contributed by atoms with van der Waals surface area (Å²) < 4.78 is 6.10. The van der Waals surface area contributed by atoms with E-state index in [1.54, 1.807) is 13.2 Å². The molecule has 0 unspecified atom stereocenters. The first-order valence-corrected chi connectivity index (χ1v) is 5.26. The van der Waals surface area contributed by atoms with Crippen LogP contribution < -0.4 is 4.74 Å². The van der Waals surface area contributed by atoms with E-state index in [4.69, 9.17) is 27.9 Å². The third kappa shape index (κ3) is 1.98. The van der Waals surface area contributed by atoms with Crippen molar-refractivity contribution in [2.24, 2.45) is 0 Å². The lowest BCUT2D eigenvalue weighted by Gasteiger charge is -2.07. The zero-order valence-electron chi connectivity index (χ0n) is 6.40. The van der Waals surface area contributed by atoms with E-state index in [2.05, 4.69) is 22.6 Å². The van der Waals surface area contributed by atoms with Crippen LogP contribution in [-0.4, -0.2) is 7.11 Å². The lowest BCUT2D eigenvalue weighted by molar-refractivity contribution is 0.411. The fraction of sp³-hybridized carbons (Fsp3) is 0.250. The minimum Gasteiger partial charge on any atom is -0.496 e. The second-order valence-electron chi connectivity index (χ2n) is 2.18. The van der Waals surface area contributed by atoms with Gasteiger partial charge < -0.3 is 4.74 Å². The molecule has 0 aliphatic rings. The maximum atomic E-state index is 5.91. The molecule has 0 saturated heterocycles. The number of halogens is 3. The fourth-order valence-electron chi connectivity index (χ4n) is 0.856. The van der Waals surface area contributed by atoms with Crippen LogP contribution in [0.25, 0.3) is 0 Å². The Kier molecular flexibility index (Phi) is 3.93. The maximum absolute atomic E-state index is 5.91. The molecular formula is C8H7Cl2IO. The Hall–Kier alpha value is 0.330. The number of rotatable bonds is 2. The number of hydrogen-bond acceptors (Lipinski definition) is 1. The highest BCUT2D eigenvalue weighted by Gasteiger charge is 2.08. The van der Waals surface area contributed by atoms with Gasteiger partial charge in [-0.2, -0.15) is 0 Å². The van der Waals surface area contributed by atoms with Crippen molar-refractivity contribution >= 4 is 45.8 Å². The van der Waals surface area contributed by atoms with Gasteiger partial charge >= 0.3 is 0 Å². The molecule has 1 nitrogen and oxygen atoms in total. The molecule has 0 heterocycles. The smallest absolute Gasteiger partial charge is 0.132 e. The van der Waals surface area contributed by atoms with Crippen LogP contribution in [0.2, 0.25) is 5.02 Å². The minimum atomic E-state index is 0.411. The molecule has 0 saturated carbocycles. The van der Waals surface area contributed by atoms with Crippen molar-refractivity contribution in [3.63, 3.8) is 0 Å². The zero-order chi connectivity index (χ0) is 9.14. The third-order valence-corrected chi connectivity index (χ3v) is 3.31. The molecule has 0 spiro atoms. The highest BCUT2D eigenvalue weighted by Crippen LogP contribution is 2.30. The highest BCUT2D eigenvalue weighted by molar-refractivity contribution is 14.1. The Bertz CT molecular complexity index is 289. The van der Waals surface area contributed by atoms with Gasteiger partial charge in [0.25, 0.3) is 0 Å². The molecule has 0 N–H and O–H groups in total. The van der Waals surface area contributed by atoms with Crippen LogP contribution in [0.3, 0.4) is 0 Å². The van der Waals surface area contributed by atoms with Gasteiger partial charge in [-0.3, -0.25) is 0 Å². The molecule has 0 aliphatic carbocycles. The van der Waals surface area contributed by atoms with Gasteiger partial charge in [-0.05, 0) is 34.7 Å². The van der Waals surface area contributed by atoms with Crippen LogP contribution in [0.1, 0.15) is 5.56 Å². The first kappa shape index (κ1) is 10.4. The van der Waals surface area contributed by atoms with Gasteiger partial charge in [0.1, 0.15) is 5.75 Å². The lowest BCUT2D eigenvalue weighted by Crippen LogP contribution is -1.92. The van der Waals surface area contributed by atoms with Crippen molar-refractivity contribution in [3.05, 3.63) is 26.3 Å². The standard InChI is InChI=1S/C8H7Cl2IO/c1-12-7-3-2-6(10)5(4-9)8(7)11/h2-3H,4H2,1H3. The average molecular weight is 317 g/mol. The summed E-state index contributed by atoms with van der Waals surface area (Å²) in [6, 6.07) is 3.63. The van der Waals surface area contributed by atoms with Gasteiger partial charge in [0, 0.05) is 10.6 Å². The van der Waals surface area contributed by atoms with Crippen molar-refractivity contribution in [1.29, 1.82) is 0 Å². The molecule has 4 heteroatoms. The molecule has 66 valence electrons. The van der Waals surface area contributed by atoms with E-state index in [0.29, 0.717) is 10.9 Å². The van der Waals surface area contributed by atoms with Crippen LogP contribution >= 0.6 is 45.8 Å². The van der Waals surface area contributed by atoms with Gasteiger partial charge in [0.05, 0.1) is 16.6 Å². The molecule has 1 aromatic rings. The third-order valence-electron chi connectivity index (χ3n) is 1.50. The SMILES string of the molecule is COc1ccc(Cl)c(CCl)c1I. The first-order chi connectivity index (χ1) is 5.70. The molecule has 0 atom stereocenters. The molecule has 0 amide bonds. The number of methoxy groups -OCH3 is 1. The van der Waals surface area contributed by atoms with Gasteiger partial charge in [-0.1, -0.05) is 11.6 Å². The van der Waals surface area contributed by atoms with Crippen molar-refractivity contribution in [1.82, 2.24) is 0 Å². The lowest BCUT2D eigenvalue weighted by atomic mass is 10.2. The van der Waals surface area contributed by atoms with E-state index in [1.807, 2.05) is 6.07 Å². The fourth-order valence-corrected chi connectivity index (χ4v) is 2.69. The predicted molar refractivity (Wildman–Crippen MR) is 60.3 cm³/mol. The van der Waals surface area contributed by atoms with Crippen LogP contribution in [0, 0.1) is 3.57 Å². The predicted octanol–water partition coefficient (Wildman–Crippen LogP) is 3.69. The Balaban J connectivity index is 3.24. The first-order valence-electron chi connectivity index (χ1n) is 3.27. The van der Waals surface area contributed by atoms with E-state index >= 15 is 0 Å². The van der Waals surface area contributed by atoms with E-state index in [1.165, 1.54) is 0 Å². The van der Waals surface area contributed by atoms with Gasteiger partial charge in [-0.15, -0.1) is 11.6 Å². The summed E-state index contributed by atoms with van der Waals surface area (Å²) in [5.41, 5.74) is 0.929. The Morgan fingerprint density at radius 1 is 1.50 bits per heavy atom. The summed E-state index contributed by atoms with van der Waals surface area (Å²) in [6.07, 6.45) is 0. The van der Waals surface area contributed by atoms with E-state index < -0.39 is 0 Å². The van der Waals surface area contributed by atoms with Gasteiger partial charge in [0.15, 0.2) is 0 Å². The molecule has 1 rings (SSSR count). The van der Waals surface area contributed by atoms with Gasteiger partial charge in [-0.25, -0.2) is 0 Å². The monoisotopic (exact) mass is 316 g/mol. The topological polar surface area (TPSA) is 9.23 Å². The molecule has 0 bridgehead atoms. The zero-order valence-corrected chi connectivity index (χ0v) is 10.1. The van der Waals surface area contributed by atoms with Crippen molar-refractivity contribution in [2.45, 2.75) is 5.88 Å². The average Bonchev–Trinajstić information content (AvgIpc) is 2.06. The Morgan fingerprint density at radius 2 is 2.17 bits per heavy atom. The summed E-state index contributed by atoms with van der Waals surface area (Å²) in [6.45, 7) is 0. The summed E-state index contributed by atoms with van der Waals surface area (Å²) in [4.78, 5) is 0. The van der Waals surface area contributed by atoms with Crippen molar-refractivity contribution < 1.29 is 4.74 Å². The summed E-state index contributed by atoms with van der Waals surface area (Å²) in [5.74, 6) is 1.23. The maximum Gasteiger partial charge on any atom is 0.132 e. The minimum absolute atomic E-state index is 0.411. The quantitative estimate of drug-likeness (QED) is 0.597. The highest BCUT2D eigenvalue weighted by atomic mass is 127. The largest absolute Gasteiger partial charge is 0.496 e. The molecule has 0 radical (unpaired) electrons. The second kappa shape index (κ2) is 4.53. The number of hydrogen-bond donors (Lipinski definition) is 0. The second-order valence-corrected chi connectivity index (χ2v) is 3.93. The molecule has 1 aromatic carbocycles. The number of alkyl halides is 1. The summed E-state index contributed by atoms with van der Waals surface area (Å²) >= 11 is 13.8. The molecule has 0 fully saturated rings. The molecule has 0 aromatic heterocycles. The van der Waals surface area contributed by atoms with Gasteiger partial charge in [0.2, 0.25) is 0 Å². The van der Waals surface area contributed by atoms with E-state index in [-0.39, 0.29) is 0 Å². The van der Waals surface area contributed by atoms with Crippen molar-refractivity contribution in [3.8, 4) is 5.75 Å². The normalized spacial score (nSPS) is 10.0. The van der Waals surface area contributed by atoms with E-state index in [9.17, 15) is 0 Å². The van der Waals surface area contributed by atoms with Crippen LogP contribution in [0.5, 0.6) is 5.75 Å². The summed E-state index contributed by atoms with van der Waals surface area (Å²) in [5, 5.41) is 0.690. The van der Waals surface area contributed by atoms with Crippen LogP contribution in [0.15, 0.2) is 12.1 Å². The Morgan fingerprint density at radius 3 is 2.67 bits per heavy atom. The molecular weight excluding hydrogens is 310 g/mol. The summed E-state index contributed by atoms with van der Waals surface area (Å²) in [7, 11) is 1.63. The Labute approximate surface area is 95.1 Å². The van der Waals surface area contributed by atoms with Crippen molar-refractivity contribution in [2.75, 3.05) is 7.11 Å². The molecule has 12 heavy (non-hydrogen) atoms. The number of ether oxygens (including phenoxy) is 1. The van der Waals surface area contributed by atoms with Crippen LogP contribution in [0.4, 0.5) is 0 Å². The van der Waals surface area contributed by atoms with Crippen LogP contribution in [-0.2, 0) is 5.88 Å². The number of benzene rings is 1. The molecule has 0 aliphatic heterocycles.